The molecule has 4 heteroatoms. The molecule has 0 fully saturated rings. The van der Waals surface area contributed by atoms with E-state index in [2.05, 4.69) is 28.8 Å². The maximum Gasteiger partial charge on any atom is 0.137 e. The number of imidazole rings is 1. The highest BCUT2D eigenvalue weighted by molar-refractivity contribution is 5.55. The van der Waals surface area contributed by atoms with Crippen molar-refractivity contribution in [1.82, 2.24) is 15.0 Å². The van der Waals surface area contributed by atoms with Crippen molar-refractivity contribution in [3.63, 3.8) is 0 Å². The highest BCUT2D eigenvalue weighted by Crippen LogP contribution is 2.22. The molecule has 0 aliphatic rings. The van der Waals surface area contributed by atoms with Crippen LogP contribution in [0.25, 0.3) is 11.4 Å². The molecular weight excluding hydrogens is 200 g/mol. The van der Waals surface area contributed by atoms with Gasteiger partial charge in [0, 0.05) is 24.5 Å². The number of nitrogens with one attached hydrogen (secondary N) is 1. The SMILES string of the molecule is CC(C)c1nc(-c2ccncc2)[nH]c1CN. The molecule has 0 saturated carbocycles. The minimum atomic E-state index is 0.380. The van der Waals surface area contributed by atoms with Crippen molar-refractivity contribution < 1.29 is 0 Å². The molecule has 0 aliphatic carbocycles. The Morgan fingerprint density at radius 1 is 1.31 bits per heavy atom. The van der Waals surface area contributed by atoms with Gasteiger partial charge < -0.3 is 10.7 Å². The van der Waals surface area contributed by atoms with Gasteiger partial charge in [-0.05, 0) is 18.1 Å². The summed E-state index contributed by atoms with van der Waals surface area (Å²) in [5.41, 5.74) is 8.80. The van der Waals surface area contributed by atoms with Gasteiger partial charge in [0.1, 0.15) is 5.82 Å². The minimum absolute atomic E-state index is 0.380. The Bertz CT molecular complexity index is 459. The van der Waals surface area contributed by atoms with Gasteiger partial charge in [0.2, 0.25) is 0 Å². The fourth-order valence-corrected chi connectivity index (χ4v) is 1.70. The summed E-state index contributed by atoms with van der Waals surface area (Å²) in [5, 5.41) is 0. The first kappa shape index (κ1) is 10.8. The fourth-order valence-electron chi connectivity index (χ4n) is 1.70. The smallest absolute Gasteiger partial charge is 0.137 e. The summed E-state index contributed by atoms with van der Waals surface area (Å²) in [4.78, 5) is 11.8. The van der Waals surface area contributed by atoms with E-state index in [9.17, 15) is 0 Å². The molecule has 0 atom stereocenters. The van der Waals surface area contributed by atoms with E-state index in [1.54, 1.807) is 12.4 Å². The molecule has 4 nitrogen and oxygen atoms in total. The Kier molecular flexibility index (Phi) is 3.01. The highest BCUT2D eigenvalue weighted by Gasteiger charge is 2.12. The van der Waals surface area contributed by atoms with Gasteiger partial charge in [0.05, 0.1) is 11.4 Å². The van der Waals surface area contributed by atoms with Crippen molar-refractivity contribution in [1.29, 1.82) is 0 Å². The lowest BCUT2D eigenvalue weighted by molar-refractivity contribution is 0.806. The van der Waals surface area contributed by atoms with Gasteiger partial charge in [-0.2, -0.15) is 0 Å². The van der Waals surface area contributed by atoms with Crippen LogP contribution in [-0.4, -0.2) is 15.0 Å². The first-order chi connectivity index (χ1) is 7.72. The Morgan fingerprint density at radius 3 is 2.50 bits per heavy atom. The first-order valence-electron chi connectivity index (χ1n) is 5.41. The second-order valence-electron chi connectivity index (χ2n) is 4.04. The molecule has 0 aromatic carbocycles. The van der Waals surface area contributed by atoms with Crippen molar-refractivity contribution in [2.75, 3.05) is 0 Å². The van der Waals surface area contributed by atoms with Crippen molar-refractivity contribution in [3.05, 3.63) is 35.9 Å². The van der Waals surface area contributed by atoms with Crippen molar-refractivity contribution in [2.45, 2.75) is 26.3 Å². The predicted octanol–water partition coefficient (Wildman–Crippen LogP) is 2.05. The number of aromatic amines is 1. The lowest BCUT2D eigenvalue weighted by Crippen LogP contribution is -2.02. The van der Waals surface area contributed by atoms with Gasteiger partial charge in [-0.15, -0.1) is 0 Å². The van der Waals surface area contributed by atoms with Crippen LogP contribution in [-0.2, 0) is 6.54 Å². The van der Waals surface area contributed by atoms with Gasteiger partial charge in [0.15, 0.2) is 0 Å². The van der Waals surface area contributed by atoms with Gasteiger partial charge in [-0.1, -0.05) is 13.8 Å². The van der Waals surface area contributed by atoms with E-state index < -0.39 is 0 Å². The summed E-state index contributed by atoms with van der Waals surface area (Å²) in [6.07, 6.45) is 3.52. The number of H-pyrrole nitrogens is 1. The standard InChI is InChI=1S/C12H16N4/c1-8(2)11-10(7-13)15-12(16-11)9-3-5-14-6-4-9/h3-6,8H,7,13H2,1-2H3,(H,15,16). The molecule has 0 spiro atoms. The van der Waals surface area contributed by atoms with E-state index in [1.807, 2.05) is 12.1 Å². The second kappa shape index (κ2) is 4.45. The van der Waals surface area contributed by atoms with Gasteiger partial charge in [-0.25, -0.2) is 4.98 Å². The molecule has 0 radical (unpaired) electrons. The number of hydrogen-bond acceptors (Lipinski definition) is 3. The summed E-state index contributed by atoms with van der Waals surface area (Å²) in [7, 11) is 0. The Labute approximate surface area is 94.9 Å². The predicted molar refractivity (Wildman–Crippen MR) is 63.8 cm³/mol. The average molecular weight is 216 g/mol. The van der Waals surface area contributed by atoms with E-state index in [0.717, 1.165) is 22.8 Å². The third kappa shape index (κ3) is 1.97. The summed E-state index contributed by atoms with van der Waals surface area (Å²) < 4.78 is 0. The number of nitrogens with two attached hydrogens (primary N) is 1. The number of pyridine rings is 1. The van der Waals surface area contributed by atoms with Gasteiger partial charge in [0.25, 0.3) is 0 Å². The topological polar surface area (TPSA) is 67.6 Å². The molecule has 0 amide bonds. The van der Waals surface area contributed by atoms with Crippen LogP contribution >= 0.6 is 0 Å². The van der Waals surface area contributed by atoms with Crippen LogP contribution in [0, 0.1) is 0 Å². The zero-order chi connectivity index (χ0) is 11.5. The molecular formula is C12H16N4. The lowest BCUT2D eigenvalue weighted by atomic mass is 10.1. The summed E-state index contributed by atoms with van der Waals surface area (Å²) in [6.45, 7) is 4.73. The zero-order valence-corrected chi connectivity index (χ0v) is 9.57. The molecule has 0 unspecified atom stereocenters. The molecule has 84 valence electrons. The third-order valence-electron chi connectivity index (χ3n) is 2.52. The average Bonchev–Trinajstić information content (AvgIpc) is 2.74. The lowest BCUT2D eigenvalue weighted by Gasteiger charge is -2.01. The van der Waals surface area contributed by atoms with Crippen molar-refractivity contribution >= 4 is 0 Å². The van der Waals surface area contributed by atoms with Crippen LogP contribution in [0.4, 0.5) is 0 Å². The molecule has 2 heterocycles. The summed E-state index contributed by atoms with van der Waals surface area (Å²) in [5.74, 6) is 1.25. The monoisotopic (exact) mass is 216 g/mol. The van der Waals surface area contributed by atoms with Crippen LogP contribution in [0.2, 0.25) is 0 Å². The molecule has 2 rings (SSSR count). The second-order valence-corrected chi connectivity index (χ2v) is 4.04. The van der Waals surface area contributed by atoms with E-state index in [0.29, 0.717) is 12.5 Å². The molecule has 2 aromatic heterocycles. The van der Waals surface area contributed by atoms with E-state index >= 15 is 0 Å². The van der Waals surface area contributed by atoms with Crippen LogP contribution < -0.4 is 5.73 Å². The molecule has 2 aromatic rings. The largest absolute Gasteiger partial charge is 0.341 e. The maximum absolute atomic E-state index is 5.70. The van der Waals surface area contributed by atoms with E-state index in [4.69, 9.17) is 5.73 Å². The van der Waals surface area contributed by atoms with Crippen LogP contribution in [0.15, 0.2) is 24.5 Å². The molecule has 0 bridgehead atoms. The van der Waals surface area contributed by atoms with Crippen molar-refractivity contribution in [3.8, 4) is 11.4 Å². The van der Waals surface area contributed by atoms with Gasteiger partial charge in [-0.3, -0.25) is 4.98 Å². The maximum atomic E-state index is 5.70. The summed E-state index contributed by atoms with van der Waals surface area (Å²) in [6, 6.07) is 3.87. The zero-order valence-electron chi connectivity index (χ0n) is 9.57. The molecule has 0 saturated heterocycles. The quantitative estimate of drug-likeness (QED) is 0.825. The first-order valence-corrected chi connectivity index (χ1v) is 5.41. The molecule has 16 heavy (non-hydrogen) atoms. The number of hydrogen-bond donors (Lipinski definition) is 2. The Morgan fingerprint density at radius 2 is 2.00 bits per heavy atom. The van der Waals surface area contributed by atoms with Gasteiger partial charge >= 0.3 is 0 Å². The third-order valence-corrected chi connectivity index (χ3v) is 2.52. The normalized spacial score (nSPS) is 11.0. The highest BCUT2D eigenvalue weighted by atomic mass is 15.0. The van der Waals surface area contributed by atoms with E-state index in [1.165, 1.54) is 0 Å². The van der Waals surface area contributed by atoms with Crippen molar-refractivity contribution in [2.24, 2.45) is 5.73 Å². The number of aromatic nitrogens is 3. The fraction of sp³-hybridized carbons (Fsp3) is 0.333. The summed E-state index contributed by atoms with van der Waals surface area (Å²) >= 11 is 0. The van der Waals surface area contributed by atoms with E-state index in [-0.39, 0.29) is 0 Å². The van der Waals surface area contributed by atoms with Crippen LogP contribution in [0.1, 0.15) is 31.2 Å². The molecule has 0 aliphatic heterocycles. The Hall–Kier alpha value is -1.68. The number of nitrogens with zero attached hydrogens (tertiary/aromatic N) is 2. The van der Waals surface area contributed by atoms with Crippen LogP contribution in [0.5, 0.6) is 0 Å². The molecule has 3 N–H and O–H groups in total. The Balaban J connectivity index is 2.44. The number of rotatable bonds is 3. The minimum Gasteiger partial charge on any atom is -0.341 e. The van der Waals surface area contributed by atoms with Crippen LogP contribution in [0.3, 0.4) is 0 Å².